The lowest BCUT2D eigenvalue weighted by molar-refractivity contribution is 1.61. The molecule has 1 heteroatoms. The highest BCUT2D eigenvalue weighted by Gasteiger charge is 1.99. The monoisotopic (exact) mass is 173 g/mol. The fourth-order valence-electron chi connectivity index (χ4n) is 1.19. The summed E-state index contributed by atoms with van der Waals surface area (Å²) in [5.41, 5.74) is 2.34. The minimum atomic E-state index is 1.10. The van der Waals surface area contributed by atoms with E-state index in [4.69, 9.17) is 0 Å². The maximum atomic E-state index is 3.98. The Morgan fingerprint density at radius 1 is 1.00 bits per heavy atom. The zero-order chi connectivity index (χ0) is 8.39. The molecule has 0 atom stereocenters. The zero-order valence-corrected chi connectivity index (χ0v) is 7.47. The zero-order valence-electron chi connectivity index (χ0n) is 6.66. The molecule has 0 bridgehead atoms. The van der Waals surface area contributed by atoms with Crippen molar-refractivity contribution in [3.8, 4) is 10.4 Å². The lowest BCUT2D eigenvalue weighted by atomic mass is 10.1. The van der Waals surface area contributed by atoms with Crippen LogP contribution in [0.1, 0.15) is 5.56 Å². The SMILES string of the molecule is [CH2]c1ccccc1-c1cccs1. The van der Waals surface area contributed by atoms with Gasteiger partial charge in [0.05, 0.1) is 0 Å². The second kappa shape index (κ2) is 3.11. The largest absolute Gasteiger partial charge is 0.144 e. The Labute approximate surface area is 76.5 Å². The van der Waals surface area contributed by atoms with Gasteiger partial charge < -0.3 is 0 Å². The first-order chi connectivity index (χ1) is 5.88. The molecule has 1 aromatic heterocycles. The molecule has 1 radical (unpaired) electrons. The summed E-state index contributed by atoms with van der Waals surface area (Å²) in [6.45, 7) is 3.98. The first kappa shape index (κ1) is 7.56. The minimum absolute atomic E-state index is 1.10. The first-order valence-corrected chi connectivity index (χ1v) is 4.71. The molecule has 0 nitrogen and oxygen atoms in total. The summed E-state index contributed by atoms with van der Waals surface area (Å²) in [5, 5.41) is 2.09. The lowest BCUT2D eigenvalue weighted by Crippen LogP contribution is -1.76. The molecule has 1 aromatic carbocycles. The predicted molar refractivity (Wildman–Crippen MR) is 54.2 cm³/mol. The lowest BCUT2D eigenvalue weighted by Gasteiger charge is -2.00. The van der Waals surface area contributed by atoms with Crippen molar-refractivity contribution in [3.63, 3.8) is 0 Å². The molecule has 0 amide bonds. The summed E-state index contributed by atoms with van der Waals surface area (Å²) >= 11 is 1.75. The van der Waals surface area contributed by atoms with E-state index >= 15 is 0 Å². The molecule has 12 heavy (non-hydrogen) atoms. The van der Waals surface area contributed by atoms with Gasteiger partial charge in [-0.2, -0.15) is 0 Å². The van der Waals surface area contributed by atoms with Gasteiger partial charge in [-0.1, -0.05) is 30.3 Å². The Bertz CT molecular complexity index is 360. The van der Waals surface area contributed by atoms with E-state index in [0.29, 0.717) is 0 Å². The van der Waals surface area contributed by atoms with Crippen LogP contribution in [-0.4, -0.2) is 0 Å². The normalized spacial score (nSPS) is 10.1. The highest BCUT2D eigenvalue weighted by atomic mass is 32.1. The number of hydrogen-bond acceptors (Lipinski definition) is 1. The topological polar surface area (TPSA) is 0 Å². The van der Waals surface area contributed by atoms with Gasteiger partial charge in [0.25, 0.3) is 0 Å². The molecule has 0 aliphatic carbocycles. The van der Waals surface area contributed by atoms with Crippen LogP contribution in [-0.2, 0) is 0 Å². The van der Waals surface area contributed by atoms with Crippen LogP contribution in [0.4, 0.5) is 0 Å². The van der Waals surface area contributed by atoms with Crippen LogP contribution < -0.4 is 0 Å². The van der Waals surface area contributed by atoms with Gasteiger partial charge in [0.1, 0.15) is 0 Å². The number of rotatable bonds is 1. The third-order valence-corrected chi connectivity index (χ3v) is 2.71. The molecular formula is C11H9S. The Hall–Kier alpha value is -1.08. The third-order valence-electron chi connectivity index (χ3n) is 1.80. The third kappa shape index (κ3) is 1.28. The highest BCUT2D eigenvalue weighted by molar-refractivity contribution is 7.13. The van der Waals surface area contributed by atoms with Crippen molar-refractivity contribution in [3.05, 3.63) is 54.3 Å². The van der Waals surface area contributed by atoms with Crippen molar-refractivity contribution >= 4 is 11.3 Å². The summed E-state index contributed by atoms with van der Waals surface area (Å²) in [4.78, 5) is 1.29. The molecule has 0 spiro atoms. The van der Waals surface area contributed by atoms with Gasteiger partial charge in [-0.05, 0) is 29.5 Å². The van der Waals surface area contributed by atoms with E-state index in [1.807, 2.05) is 18.2 Å². The smallest absolute Gasteiger partial charge is 0.0345 e. The van der Waals surface area contributed by atoms with Crippen molar-refractivity contribution in [2.45, 2.75) is 0 Å². The average molecular weight is 173 g/mol. The maximum absolute atomic E-state index is 3.98. The van der Waals surface area contributed by atoms with Crippen LogP contribution >= 0.6 is 11.3 Å². The summed E-state index contributed by atoms with van der Waals surface area (Å²) < 4.78 is 0. The summed E-state index contributed by atoms with van der Waals surface area (Å²) in [6.07, 6.45) is 0. The Kier molecular flexibility index (Phi) is 1.96. The van der Waals surface area contributed by atoms with Gasteiger partial charge in [-0.15, -0.1) is 11.3 Å². The Morgan fingerprint density at radius 2 is 1.83 bits per heavy atom. The molecule has 0 aliphatic rings. The van der Waals surface area contributed by atoms with Crippen molar-refractivity contribution in [2.75, 3.05) is 0 Å². The van der Waals surface area contributed by atoms with Crippen molar-refractivity contribution in [1.29, 1.82) is 0 Å². The van der Waals surface area contributed by atoms with Crippen LogP contribution in [0.5, 0.6) is 0 Å². The van der Waals surface area contributed by atoms with Gasteiger partial charge in [-0.25, -0.2) is 0 Å². The highest BCUT2D eigenvalue weighted by Crippen LogP contribution is 2.26. The van der Waals surface area contributed by atoms with Gasteiger partial charge in [0.2, 0.25) is 0 Å². The second-order valence-electron chi connectivity index (χ2n) is 2.63. The Balaban J connectivity index is 2.55. The molecule has 59 valence electrons. The van der Waals surface area contributed by atoms with Crippen molar-refractivity contribution in [2.24, 2.45) is 0 Å². The molecular weight excluding hydrogens is 164 g/mol. The van der Waals surface area contributed by atoms with Crippen molar-refractivity contribution < 1.29 is 0 Å². The summed E-state index contributed by atoms with van der Waals surface area (Å²) in [7, 11) is 0. The number of benzene rings is 1. The number of hydrogen-bond donors (Lipinski definition) is 0. The van der Waals surface area contributed by atoms with E-state index in [2.05, 4.69) is 30.5 Å². The van der Waals surface area contributed by atoms with Gasteiger partial charge in [-0.3, -0.25) is 0 Å². The van der Waals surface area contributed by atoms with Gasteiger partial charge >= 0.3 is 0 Å². The molecule has 0 aliphatic heterocycles. The molecule has 0 saturated heterocycles. The summed E-state index contributed by atoms with van der Waals surface area (Å²) in [5.74, 6) is 0. The fraction of sp³-hybridized carbons (Fsp3) is 0. The predicted octanol–water partition coefficient (Wildman–Crippen LogP) is 3.60. The molecule has 0 saturated carbocycles. The van der Waals surface area contributed by atoms with Crippen molar-refractivity contribution in [1.82, 2.24) is 0 Å². The van der Waals surface area contributed by atoms with Crippen LogP contribution in [0, 0.1) is 6.92 Å². The quantitative estimate of drug-likeness (QED) is 0.618. The number of thiophene rings is 1. The van der Waals surface area contributed by atoms with E-state index in [1.54, 1.807) is 11.3 Å². The van der Waals surface area contributed by atoms with E-state index in [1.165, 1.54) is 10.4 Å². The van der Waals surface area contributed by atoms with E-state index in [-0.39, 0.29) is 0 Å². The summed E-state index contributed by atoms with van der Waals surface area (Å²) in [6, 6.07) is 12.4. The molecule has 1 heterocycles. The van der Waals surface area contributed by atoms with Crippen LogP contribution in [0.3, 0.4) is 0 Å². The molecule has 2 aromatic rings. The average Bonchev–Trinajstić information content (AvgIpc) is 2.57. The van der Waals surface area contributed by atoms with E-state index in [9.17, 15) is 0 Å². The van der Waals surface area contributed by atoms with Crippen LogP contribution in [0.25, 0.3) is 10.4 Å². The minimum Gasteiger partial charge on any atom is -0.144 e. The molecule has 0 unspecified atom stereocenters. The van der Waals surface area contributed by atoms with Crippen LogP contribution in [0.2, 0.25) is 0 Å². The molecule has 0 fully saturated rings. The first-order valence-electron chi connectivity index (χ1n) is 3.83. The standard InChI is InChI=1S/C11H9S/c1-9-5-2-3-6-10(9)11-7-4-8-12-11/h2-8H,1H2. The fourth-order valence-corrected chi connectivity index (χ4v) is 1.98. The second-order valence-corrected chi connectivity index (χ2v) is 3.58. The van der Waals surface area contributed by atoms with E-state index in [0.717, 1.165) is 5.56 Å². The van der Waals surface area contributed by atoms with E-state index < -0.39 is 0 Å². The molecule has 2 rings (SSSR count). The Morgan fingerprint density at radius 3 is 2.50 bits per heavy atom. The van der Waals surface area contributed by atoms with Crippen LogP contribution in [0.15, 0.2) is 41.8 Å². The maximum Gasteiger partial charge on any atom is 0.0345 e. The van der Waals surface area contributed by atoms with Gasteiger partial charge in [0.15, 0.2) is 0 Å². The molecule has 0 N–H and O–H groups in total. The van der Waals surface area contributed by atoms with Gasteiger partial charge in [0, 0.05) is 4.88 Å².